The standard InChI is InChI=1S/C23H32O6Si/c1-23(2,3)30(16-11-7-5-8-12-16,17-13-9-6-10-14-17)28-15-18-19(24)20(25)21(26)22(27-4)29-18/h5-14,18-22,24-26H,15H2,1-4H3/t18-,19-,20+,21+,22+/m1/s1. The van der Waals surface area contributed by atoms with Crippen LogP contribution in [0.3, 0.4) is 0 Å². The van der Waals surface area contributed by atoms with Crippen molar-refractivity contribution >= 4 is 18.7 Å². The first-order valence-electron chi connectivity index (χ1n) is 10.2. The minimum absolute atomic E-state index is 0.0537. The van der Waals surface area contributed by atoms with Crippen LogP contribution in [-0.2, 0) is 13.9 Å². The van der Waals surface area contributed by atoms with Gasteiger partial charge in [-0.3, -0.25) is 0 Å². The maximum atomic E-state index is 10.5. The Morgan fingerprint density at radius 2 is 1.33 bits per heavy atom. The lowest BCUT2D eigenvalue weighted by molar-refractivity contribution is -0.293. The molecule has 2 aromatic rings. The van der Waals surface area contributed by atoms with Gasteiger partial charge in [0.25, 0.3) is 8.32 Å². The lowest BCUT2D eigenvalue weighted by Crippen LogP contribution is -2.68. The Morgan fingerprint density at radius 1 is 0.833 bits per heavy atom. The second-order valence-electron chi connectivity index (χ2n) is 8.72. The van der Waals surface area contributed by atoms with Crippen molar-refractivity contribution in [2.75, 3.05) is 13.7 Å². The van der Waals surface area contributed by atoms with Crippen molar-refractivity contribution < 1.29 is 29.2 Å². The van der Waals surface area contributed by atoms with Gasteiger partial charge in [0.05, 0.1) is 6.61 Å². The number of aliphatic hydroxyl groups excluding tert-OH is 3. The third kappa shape index (κ3) is 4.24. The van der Waals surface area contributed by atoms with Gasteiger partial charge >= 0.3 is 0 Å². The van der Waals surface area contributed by atoms with Crippen molar-refractivity contribution in [1.82, 2.24) is 0 Å². The van der Waals surface area contributed by atoms with E-state index in [0.717, 1.165) is 10.4 Å². The summed E-state index contributed by atoms with van der Waals surface area (Å²) in [6.07, 6.45) is -5.86. The predicted molar refractivity (Wildman–Crippen MR) is 117 cm³/mol. The molecule has 0 bridgehead atoms. The SMILES string of the molecule is CO[C@H]1O[C@H](CO[Si](c2ccccc2)(c2ccccc2)C(C)(C)C)[C@@H](O)[C@H](O)[C@@H]1O. The average molecular weight is 433 g/mol. The van der Waals surface area contributed by atoms with E-state index in [1.54, 1.807) is 0 Å². The number of aliphatic hydroxyl groups is 3. The van der Waals surface area contributed by atoms with Crippen LogP contribution < -0.4 is 10.4 Å². The Hall–Kier alpha value is -1.58. The zero-order chi connectivity index (χ0) is 21.9. The molecule has 2 aromatic carbocycles. The molecule has 1 heterocycles. The minimum Gasteiger partial charge on any atom is -0.405 e. The number of hydrogen-bond acceptors (Lipinski definition) is 6. The van der Waals surface area contributed by atoms with Gasteiger partial charge in [0.2, 0.25) is 0 Å². The van der Waals surface area contributed by atoms with Crippen LogP contribution >= 0.6 is 0 Å². The third-order valence-electron chi connectivity index (χ3n) is 5.78. The van der Waals surface area contributed by atoms with Crippen molar-refractivity contribution in [3.8, 4) is 0 Å². The summed E-state index contributed by atoms with van der Waals surface area (Å²) in [6.45, 7) is 6.54. The molecule has 1 fully saturated rings. The highest BCUT2D eigenvalue weighted by atomic mass is 28.4. The first-order chi connectivity index (χ1) is 14.2. The summed E-state index contributed by atoms with van der Waals surface area (Å²) in [4.78, 5) is 0. The molecule has 0 aliphatic carbocycles. The molecule has 6 nitrogen and oxygen atoms in total. The van der Waals surface area contributed by atoms with Crippen molar-refractivity contribution in [2.45, 2.75) is 56.5 Å². The van der Waals surface area contributed by atoms with Gasteiger partial charge in [0.15, 0.2) is 6.29 Å². The first kappa shape index (κ1) is 23.1. The van der Waals surface area contributed by atoms with E-state index in [2.05, 4.69) is 45.0 Å². The van der Waals surface area contributed by atoms with Gasteiger partial charge in [-0.25, -0.2) is 0 Å². The van der Waals surface area contributed by atoms with Crippen LogP contribution in [0.15, 0.2) is 60.7 Å². The Morgan fingerprint density at radius 3 is 1.77 bits per heavy atom. The molecule has 1 saturated heterocycles. The second kappa shape index (κ2) is 9.28. The number of ether oxygens (including phenoxy) is 2. The number of methoxy groups -OCH3 is 1. The van der Waals surface area contributed by atoms with E-state index in [-0.39, 0.29) is 11.6 Å². The summed E-state index contributed by atoms with van der Waals surface area (Å²) in [7, 11) is -1.42. The Kier molecular flexibility index (Phi) is 7.14. The van der Waals surface area contributed by atoms with E-state index >= 15 is 0 Å². The van der Waals surface area contributed by atoms with Crippen LogP contribution in [0, 0.1) is 0 Å². The van der Waals surface area contributed by atoms with Crippen LogP contribution in [0.5, 0.6) is 0 Å². The molecular weight excluding hydrogens is 400 g/mol. The summed E-state index contributed by atoms with van der Waals surface area (Å²) in [6, 6.07) is 20.3. The van der Waals surface area contributed by atoms with Crippen molar-refractivity contribution in [2.24, 2.45) is 0 Å². The van der Waals surface area contributed by atoms with E-state index in [4.69, 9.17) is 13.9 Å². The first-order valence-corrected chi connectivity index (χ1v) is 12.1. The smallest absolute Gasteiger partial charge is 0.261 e. The van der Waals surface area contributed by atoms with E-state index in [1.807, 2.05) is 36.4 Å². The molecule has 1 aliphatic rings. The van der Waals surface area contributed by atoms with Gasteiger partial charge in [-0.1, -0.05) is 81.4 Å². The van der Waals surface area contributed by atoms with Crippen molar-refractivity contribution in [1.29, 1.82) is 0 Å². The third-order valence-corrected chi connectivity index (χ3v) is 10.8. The number of rotatable bonds is 6. The highest BCUT2D eigenvalue weighted by Crippen LogP contribution is 2.37. The topological polar surface area (TPSA) is 88.4 Å². The highest BCUT2D eigenvalue weighted by molar-refractivity contribution is 6.99. The molecule has 1 aliphatic heterocycles. The van der Waals surface area contributed by atoms with Crippen LogP contribution in [0.25, 0.3) is 0 Å². The molecule has 0 saturated carbocycles. The summed E-state index contributed by atoms with van der Waals surface area (Å²) in [5.41, 5.74) is 0. The molecule has 0 unspecified atom stereocenters. The van der Waals surface area contributed by atoms with E-state index in [1.165, 1.54) is 7.11 Å². The molecule has 0 radical (unpaired) electrons. The molecule has 3 N–H and O–H groups in total. The lowest BCUT2D eigenvalue weighted by Gasteiger charge is -2.45. The highest BCUT2D eigenvalue weighted by Gasteiger charge is 2.52. The Balaban J connectivity index is 2.00. The second-order valence-corrected chi connectivity index (χ2v) is 13.0. The van der Waals surface area contributed by atoms with Crippen molar-refractivity contribution in [3.63, 3.8) is 0 Å². The summed E-state index contributed by atoms with van der Waals surface area (Å²) < 4.78 is 17.6. The summed E-state index contributed by atoms with van der Waals surface area (Å²) in [5.74, 6) is 0. The molecule has 7 heteroatoms. The summed E-state index contributed by atoms with van der Waals surface area (Å²) >= 11 is 0. The van der Waals surface area contributed by atoms with Gasteiger partial charge in [-0.05, 0) is 15.4 Å². The molecule has 30 heavy (non-hydrogen) atoms. The normalized spacial score (nSPS) is 27.8. The van der Waals surface area contributed by atoms with Crippen LogP contribution in [0.1, 0.15) is 20.8 Å². The molecule has 3 rings (SSSR count). The molecule has 0 amide bonds. The van der Waals surface area contributed by atoms with Gasteiger partial charge < -0.3 is 29.2 Å². The van der Waals surface area contributed by atoms with Gasteiger partial charge in [0.1, 0.15) is 24.4 Å². The maximum absolute atomic E-state index is 10.5. The Bertz CT molecular complexity index is 753. The Labute approximate surface area is 179 Å². The monoisotopic (exact) mass is 432 g/mol. The van der Waals surface area contributed by atoms with Gasteiger partial charge in [-0.15, -0.1) is 0 Å². The van der Waals surface area contributed by atoms with E-state index < -0.39 is 39.0 Å². The lowest BCUT2D eigenvalue weighted by atomic mass is 9.99. The fraction of sp³-hybridized carbons (Fsp3) is 0.478. The van der Waals surface area contributed by atoms with Crippen LogP contribution in [0.4, 0.5) is 0 Å². The molecule has 164 valence electrons. The predicted octanol–water partition coefficient (Wildman–Crippen LogP) is 1.02. The number of hydrogen-bond donors (Lipinski definition) is 3. The fourth-order valence-corrected chi connectivity index (χ4v) is 8.79. The van der Waals surface area contributed by atoms with E-state index in [9.17, 15) is 15.3 Å². The van der Waals surface area contributed by atoms with Gasteiger partial charge in [-0.2, -0.15) is 0 Å². The van der Waals surface area contributed by atoms with Crippen LogP contribution in [0.2, 0.25) is 5.04 Å². The van der Waals surface area contributed by atoms with E-state index in [0.29, 0.717) is 0 Å². The molecule has 0 spiro atoms. The average Bonchev–Trinajstić information content (AvgIpc) is 2.74. The summed E-state index contributed by atoms with van der Waals surface area (Å²) in [5, 5.41) is 32.8. The van der Waals surface area contributed by atoms with Crippen molar-refractivity contribution in [3.05, 3.63) is 60.7 Å². The largest absolute Gasteiger partial charge is 0.405 e. The van der Waals surface area contributed by atoms with Crippen LogP contribution in [-0.4, -0.2) is 68.1 Å². The molecular formula is C23H32O6Si. The fourth-order valence-electron chi connectivity index (χ4n) is 4.22. The van der Waals surface area contributed by atoms with Gasteiger partial charge in [0, 0.05) is 7.11 Å². The minimum atomic E-state index is -2.81. The molecule has 0 aromatic heterocycles. The maximum Gasteiger partial charge on any atom is 0.261 e. The molecule has 5 atom stereocenters. The quantitative estimate of drug-likeness (QED) is 0.591. The number of benzene rings is 2. The zero-order valence-corrected chi connectivity index (χ0v) is 18.9. The zero-order valence-electron chi connectivity index (χ0n) is 17.9.